The first kappa shape index (κ1) is 19.6. The Bertz CT molecular complexity index is 652. The van der Waals surface area contributed by atoms with E-state index in [2.05, 4.69) is 29.6 Å². The first-order valence-corrected chi connectivity index (χ1v) is 8.68. The molecule has 2 aromatic carbocycles. The molecule has 0 spiro atoms. The van der Waals surface area contributed by atoms with E-state index in [9.17, 15) is 9.59 Å². The van der Waals surface area contributed by atoms with Gasteiger partial charge in [-0.3, -0.25) is 14.8 Å². The molecule has 6 heteroatoms. The summed E-state index contributed by atoms with van der Waals surface area (Å²) in [5.41, 5.74) is 9.38. The Labute approximate surface area is 153 Å². The number of carbonyl (C=O) groups is 2. The number of carbonyl (C=O) groups excluding carboxylic acids is 2. The fraction of sp³-hybridized carbons (Fsp3) is 0.300. The zero-order chi connectivity index (χ0) is 18.8. The fourth-order valence-electron chi connectivity index (χ4n) is 2.80. The van der Waals surface area contributed by atoms with Crippen molar-refractivity contribution >= 4 is 11.8 Å². The van der Waals surface area contributed by atoms with E-state index in [0.717, 1.165) is 11.1 Å². The summed E-state index contributed by atoms with van der Waals surface area (Å²) in [7, 11) is 0. The van der Waals surface area contributed by atoms with Gasteiger partial charge in [-0.15, -0.1) is 0 Å². The summed E-state index contributed by atoms with van der Waals surface area (Å²) in [6.45, 7) is 0.496. The van der Waals surface area contributed by atoms with E-state index in [1.807, 2.05) is 36.4 Å². The molecule has 2 amide bonds. The summed E-state index contributed by atoms with van der Waals surface area (Å²) >= 11 is 0. The van der Waals surface area contributed by atoms with Crippen molar-refractivity contribution in [2.45, 2.75) is 31.2 Å². The third kappa shape index (κ3) is 5.98. The average molecular weight is 355 g/mol. The van der Waals surface area contributed by atoms with Crippen molar-refractivity contribution in [1.29, 1.82) is 0 Å². The van der Waals surface area contributed by atoms with Gasteiger partial charge < -0.3 is 11.1 Å². The molecule has 6 nitrogen and oxygen atoms in total. The van der Waals surface area contributed by atoms with Gasteiger partial charge in [0, 0.05) is 18.9 Å². The van der Waals surface area contributed by atoms with Gasteiger partial charge in [0.1, 0.15) is 0 Å². The molecule has 2 rings (SSSR count). The molecular formula is C20H25N3O3. The molecule has 0 aromatic heterocycles. The topological polar surface area (TPSA) is 104 Å². The molecule has 26 heavy (non-hydrogen) atoms. The van der Waals surface area contributed by atoms with Gasteiger partial charge in [0.05, 0.1) is 6.04 Å². The second-order valence-electron chi connectivity index (χ2n) is 6.15. The fourth-order valence-corrected chi connectivity index (χ4v) is 2.80. The van der Waals surface area contributed by atoms with Crippen LogP contribution in [0.5, 0.6) is 0 Å². The number of nitrogens with one attached hydrogen (secondary N) is 2. The van der Waals surface area contributed by atoms with Crippen molar-refractivity contribution in [2.24, 2.45) is 5.73 Å². The maximum absolute atomic E-state index is 12.1. The summed E-state index contributed by atoms with van der Waals surface area (Å²) in [6, 6.07) is 19.3. The highest BCUT2D eigenvalue weighted by molar-refractivity contribution is 5.80. The van der Waals surface area contributed by atoms with Crippen LogP contribution in [0.15, 0.2) is 60.7 Å². The van der Waals surface area contributed by atoms with Crippen LogP contribution in [0, 0.1) is 0 Å². The lowest BCUT2D eigenvalue weighted by atomic mass is 9.91. The minimum Gasteiger partial charge on any atom is -0.355 e. The third-order valence-electron chi connectivity index (χ3n) is 4.27. The van der Waals surface area contributed by atoms with Crippen molar-refractivity contribution in [1.82, 2.24) is 10.8 Å². The van der Waals surface area contributed by atoms with Crippen LogP contribution in [0.4, 0.5) is 0 Å². The largest absolute Gasteiger partial charge is 0.355 e. The highest BCUT2D eigenvalue weighted by Crippen LogP contribution is 2.23. The van der Waals surface area contributed by atoms with Crippen LogP contribution in [-0.2, 0) is 9.59 Å². The van der Waals surface area contributed by atoms with Crippen molar-refractivity contribution in [3.63, 3.8) is 0 Å². The molecule has 0 unspecified atom stereocenters. The maximum atomic E-state index is 12.1. The summed E-state index contributed by atoms with van der Waals surface area (Å²) in [5, 5.41) is 11.5. The van der Waals surface area contributed by atoms with E-state index in [0.29, 0.717) is 19.4 Å². The van der Waals surface area contributed by atoms with Crippen LogP contribution in [0.1, 0.15) is 36.3 Å². The highest BCUT2D eigenvalue weighted by Gasteiger charge is 2.16. The number of hydrogen-bond donors (Lipinski definition) is 4. The van der Waals surface area contributed by atoms with Crippen molar-refractivity contribution in [2.75, 3.05) is 6.54 Å². The molecule has 0 heterocycles. The number of rotatable bonds is 9. The van der Waals surface area contributed by atoms with E-state index in [4.69, 9.17) is 10.9 Å². The molecule has 0 radical (unpaired) electrons. The average Bonchev–Trinajstić information content (AvgIpc) is 2.69. The molecule has 0 fully saturated rings. The molecule has 0 aliphatic heterocycles. The summed E-state index contributed by atoms with van der Waals surface area (Å²) in [6.07, 6.45) is 1.09. The van der Waals surface area contributed by atoms with E-state index in [1.165, 1.54) is 5.48 Å². The normalized spacial score (nSPS) is 11.8. The Morgan fingerprint density at radius 2 is 1.50 bits per heavy atom. The standard InChI is InChI=1S/C20H25N3O3/c21-18(20(25)23-26)12-7-13-19(24)22-14-17(15-8-3-1-4-9-15)16-10-5-2-6-11-16/h1-6,8-11,17-18,26H,7,12-14,21H2,(H,22,24)(H,23,25)/t18-/m0/s1. The third-order valence-corrected chi connectivity index (χ3v) is 4.27. The Morgan fingerprint density at radius 3 is 2.00 bits per heavy atom. The summed E-state index contributed by atoms with van der Waals surface area (Å²) in [4.78, 5) is 23.3. The number of hydroxylamine groups is 1. The van der Waals surface area contributed by atoms with E-state index in [-0.39, 0.29) is 18.2 Å². The molecule has 0 saturated heterocycles. The van der Waals surface area contributed by atoms with Gasteiger partial charge in [0.2, 0.25) is 5.91 Å². The molecule has 0 aliphatic rings. The van der Waals surface area contributed by atoms with Crippen molar-refractivity contribution < 1.29 is 14.8 Å². The molecule has 0 aliphatic carbocycles. The molecule has 0 bridgehead atoms. The predicted octanol–water partition coefficient (Wildman–Crippen LogP) is 1.94. The maximum Gasteiger partial charge on any atom is 0.260 e. The van der Waals surface area contributed by atoms with Crippen molar-refractivity contribution in [3.8, 4) is 0 Å². The summed E-state index contributed by atoms with van der Waals surface area (Å²) < 4.78 is 0. The lowest BCUT2D eigenvalue weighted by Gasteiger charge is -2.19. The molecular weight excluding hydrogens is 330 g/mol. The minimum absolute atomic E-state index is 0.0729. The summed E-state index contributed by atoms with van der Waals surface area (Å²) in [5.74, 6) is -0.652. The van der Waals surface area contributed by atoms with Gasteiger partial charge in [-0.05, 0) is 24.0 Å². The second-order valence-corrected chi connectivity index (χ2v) is 6.15. The lowest BCUT2D eigenvalue weighted by Crippen LogP contribution is -2.39. The monoisotopic (exact) mass is 355 g/mol. The molecule has 1 atom stereocenters. The Balaban J connectivity index is 1.89. The van der Waals surface area contributed by atoms with Gasteiger partial charge >= 0.3 is 0 Å². The molecule has 5 N–H and O–H groups in total. The first-order chi connectivity index (χ1) is 12.6. The van der Waals surface area contributed by atoms with E-state index >= 15 is 0 Å². The lowest BCUT2D eigenvalue weighted by molar-refractivity contribution is -0.131. The van der Waals surface area contributed by atoms with Gasteiger partial charge in [-0.1, -0.05) is 60.7 Å². The Hall–Kier alpha value is -2.70. The number of nitrogens with two attached hydrogens (primary N) is 1. The van der Waals surface area contributed by atoms with Gasteiger partial charge in [0.25, 0.3) is 5.91 Å². The van der Waals surface area contributed by atoms with Crippen LogP contribution in [0.2, 0.25) is 0 Å². The van der Waals surface area contributed by atoms with Crippen LogP contribution in [0.3, 0.4) is 0 Å². The zero-order valence-electron chi connectivity index (χ0n) is 14.6. The molecule has 2 aromatic rings. The van der Waals surface area contributed by atoms with Gasteiger partial charge in [-0.2, -0.15) is 0 Å². The predicted molar refractivity (Wildman–Crippen MR) is 99.5 cm³/mol. The zero-order valence-corrected chi connectivity index (χ0v) is 14.6. The van der Waals surface area contributed by atoms with E-state index in [1.54, 1.807) is 0 Å². The van der Waals surface area contributed by atoms with Gasteiger partial charge in [0.15, 0.2) is 0 Å². The first-order valence-electron chi connectivity index (χ1n) is 8.68. The van der Waals surface area contributed by atoms with E-state index < -0.39 is 11.9 Å². The highest BCUT2D eigenvalue weighted by atomic mass is 16.5. The quantitative estimate of drug-likeness (QED) is 0.407. The smallest absolute Gasteiger partial charge is 0.260 e. The second kappa shape index (κ2) is 10.3. The van der Waals surface area contributed by atoms with Crippen molar-refractivity contribution in [3.05, 3.63) is 71.8 Å². The van der Waals surface area contributed by atoms with Crippen LogP contribution >= 0.6 is 0 Å². The Kier molecular flexibility index (Phi) is 7.79. The minimum atomic E-state index is -0.811. The Morgan fingerprint density at radius 1 is 0.962 bits per heavy atom. The number of amides is 2. The van der Waals surface area contributed by atoms with Crippen LogP contribution in [-0.4, -0.2) is 29.6 Å². The number of hydrogen-bond acceptors (Lipinski definition) is 4. The molecule has 138 valence electrons. The number of benzene rings is 2. The molecule has 0 saturated carbocycles. The van der Waals surface area contributed by atoms with Gasteiger partial charge in [-0.25, -0.2) is 5.48 Å². The van der Waals surface area contributed by atoms with Crippen LogP contribution < -0.4 is 16.5 Å². The SMILES string of the molecule is N[C@@H](CCCC(=O)NCC(c1ccccc1)c1ccccc1)C(=O)NO. The van der Waals surface area contributed by atoms with Crippen LogP contribution in [0.25, 0.3) is 0 Å².